The molecule has 0 spiro atoms. The topological polar surface area (TPSA) is 32.7 Å². The Labute approximate surface area is 124 Å². The van der Waals surface area contributed by atoms with E-state index in [1.165, 1.54) is 0 Å². The van der Waals surface area contributed by atoms with Gasteiger partial charge in [-0.25, -0.2) is 4.99 Å². The number of fused-ring (bicyclic) bond motifs is 1. The van der Waals surface area contributed by atoms with Gasteiger partial charge in [0.1, 0.15) is 0 Å². The van der Waals surface area contributed by atoms with Crippen molar-refractivity contribution in [2.24, 2.45) is 4.99 Å². The van der Waals surface area contributed by atoms with Crippen LogP contribution < -0.4 is 0 Å². The Hall–Kier alpha value is -2.68. The van der Waals surface area contributed by atoms with Gasteiger partial charge in [0.2, 0.25) is 0 Å². The minimum atomic E-state index is 0.0442. The molecule has 3 rings (SSSR count). The number of Topliss-reactive ketones (excluding diaryl/α,β-unsaturated/α-hetero) is 1. The van der Waals surface area contributed by atoms with Crippen LogP contribution in [0.5, 0.6) is 0 Å². The van der Waals surface area contributed by atoms with E-state index in [2.05, 4.69) is 4.99 Å². The van der Waals surface area contributed by atoms with Crippen molar-refractivity contribution in [1.82, 2.24) is 4.90 Å². The van der Waals surface area contributed by atoms with E-state index < -0.39 is 0 Å². The van der Waals surface area contributed by atoms with Crippen molar-refractivity contribution in [3.63, 3.8) is 0 Å². The number of benzene rings is 2. The first-order chi connectivity index (χ1) is 10.2. The fourth-order valence-electron chi connectivity index (χ4n) is 2.44. The van der Waals surface area contributed by atoms with Crippen molar-refractivity contribution in [3.05, 3.63) is 71.3 Å². The zero-order chi connectivity index (χ0) is 14.8. The average Bonchev–Trinajstić information content (AvgIpc) is 2.79. The first kappa shape index (κ1) is 13.3. The van der Waals surface area contributed by atoms with Gasteiger partial charge in [-0.3, -0.25) is 4.79 Å². The van der Waals surface area contributed by atoms with Crippen LogP contribution in [0, 0.1) is 0 Å². The highest BCUT2D eigenvalue weighted by molar-refractivity contribution is 6.39. The lowest BCUT2D eigenvalue weighted by atomic mass is 10.0. The zero-order valence-electron chi connectivity index (χ0n) is 12.1. The molecule has 0 saturated carbocycles. The van der Waals surface area contributed by atoms with Crippen molar-refractivity contribution in [2.75, 3.05) is 14.1 Å². The number of rotatable bonds is 3. The second-order valence-electron chi connectivity index (χ2n) is 5.17. The molecule has 0 heterocycles. The predicted molar refractivity (Wildman–Crippen MR) is 86.2 cm³/mol. The van der Waals surface area contributed by atoms with Crippen LogP contribution in [0.3, 0.4) is 0 Å². The smallest absolute Gasteiger partial charge is 0.196 e. The quantitative estimate of drug-likeness (QED) is 0.636. The van der Waals surface area contributed by atoms with Gasteiger partial charge < -0.3 is 4.90 Å². The molecule has 0 bridgehead atoms. The van der Waals surface area contributed by atoms with Gasteiger partial charge in [-0.15, -0.1) is 0 Å². The number of hydrogen-bond acceptors (Lipinski definition) is 2. The maximum Gasteiger partial charge on any atom is 0.196 e. The summed E-state index contributed by atoms with van der Waals surface area (Å²) in [6, 6.07) is 17.3. The van der Waals surface area contributed by atoms with Gasteiger partial charge in [0.05, 0.1) is 17.6 Å². The fourth-order valence-corrected chi connectivity index (χ4v) is 2.44. The summed E-state index contributed by atoms with van der Waals surface area (Å²) in [6.07, 6.45) is 1.73. The lowest BCUT2D eigenvalue weighted by molar-refractivity contribution is 0.105. The molecule has 1 aliphatic carbocycles. The summed E-state index contributed by atoms with van der Waals surface area (Å²) in [4.78, 5) is 19.1. The van der Waals surface area contributed by atoms with Crippen molar-refractivity contribution in [2.45, 2.75) is 0 Å². The van der Waals surface area contributed by atoms with E-state index >= 15 is 0 Å². The molecule has 1 aliphatic rings. The largest absolute Gasteiger partial charge is 0.369 e. The lowest BCUT2D eigenvalue weighted by Crippen LogP contribution is -2.07. The maximum atomic E-state index is 12.7. The second-order valence-corrected chi connectivity index (χ2v) is 5.17. The van der Waals surface area contributed by atoms with Crippen LogP contribution in [0.2, 0.25) is 0 Å². The Morgan fingerprint density at radius 2 is 1.52 bits per heavy atom. The number of allylic oxidation sites excluding steroid dienone is 1. The Bertz CT molecular complexity index is 743. The third kappa shape index (κ3) is 2.38. The molecule has 0 unspecified atom stereocenters. The summed E-state index contributed by atoms with van der Waals surface area (Å²) in [5, 5.41) is 0. The average molecular weight is 276 g/mol. The number of carbonyl (C=O) groups is 1. The van der Waals surface area contributed by atoms with E-state index in [1.54, 1.807) is 6.34 Å². The van der Waals surface area contributed by atoms with Crippen LogP contribution in [0.25, 0.3) is 11.3 Å². The van der Waals surface area contributed by atoms with E-state index in [4.69, 9.17) is 0 Å². The van der Waals surface area contributed by atoms with Gasteiger partial charge in [-0.2, -0.15) is 0 Å². The molecule has 0 aromatic heterocycles. The molecule has 0 saturated heterocycles. The maximum absolute atomic E-state index is 12.7. The van der Waals surface area contributed by atoms with Gasteiger partial charge in [-0.05, 0) is 5.56 Å². The minimum absolute atomic E-state index is 0.0442. The molecule has 2 aromatic rings. The van der Waals surface area contributed by atoms with Gasteiger partial charge in [0.25, 0.3) is 0 Å². The predicted octanol–water partition coefficient (Wildman–Crippen LogP) is 3.34. The van der Waals surface area contributed by atoms with Crippen LogP contribution in [-0.2, 0) is 0 Å². The molecular weight excluding hydrogens is 260 g/mol. The molecule has 2 aromatic carbocycles. The van der Waals surface area contributed by atoms with E-state index in [9.17, 15) is 4.79 Å². The third-order valence-electron chi connectivity index (χ3n) is 3.37. The van der Waals surface area contributed by atoms with Crippen LogP contribution in [0.1, 0.15) is 21.5 Å². The van der Waals surface area contributed by atoms with Crippen LogP contribution in [-0.4, -0.2) is 31.1 Å². The highest BCUT2D eigenvalue weighted by atomic mass is 16.1. The van der Waals surface area contributed by atoms with Crippen molar-refractivity contribution in [3.8, 4) is 0 Å². The normalized spacial score (nSPS) is 13.9. The molecule has 0 fully saturated rings. The van der Waals surface area contributed by atoms with Crippen molar-refractivity contribution in [1.29, 1.82) is 0 Å². The van der Waals surface area contributed by atoms with E-state index in [-0.39, 0.29) is 5.78 Å². The monoisotopic (exact) mass is 276 g/mol. The molecule has 3 heteroatoms. The first-order valence-corrected chi connectivity index (χ1v) is 6.83. The molecule has 3 nitrogen and oxygen atoms in total. The summed E-state index contributed by atoms with van der Waals surface area (Å²) < 4.78 is 0. The van der Waals surface area contributed by atoms with Gasteiger partial charge in [-0.1, -0.05) is 54.6 Å². The van der Waals surface area contributed by atoms with Crippen LogP contribution in [0.15, 0.2) is 59.6 Å². The SMILES string of the molecule is CN(C)C=NC1=C(c2ccccc2)C(=O)c2ccccc21. The molecule has 104 valence electrons. The van der Waals surface area contributed by atoms with E-state index in [0.29, 0.717) is 5.57 Å². The third-order valence-corrected chi connectivity index (χ3v) is 3.37. The lowest BCUT2D eigenvalue weighted by Gasteiger charge is -2.06. The van der Waals surface area contributed by atoms with E-state index in [0.717, 1.165) is 22.4 Å². The standard InChI is InChI=1S/C18H16N2O/c1-20(2)12-19-17-14-10-6-7-11-15(14)18(21)16(17)13-8-4-3-5-9-13/h3-12H,1-2H3. The summed E-state index contributed by atoms with van der Waals surface area (Å²) in [5.41, 5.74) is 3.96. The molecule has 0 N–H and O–H groups in total. The molecule has 21 heavy (non-hydrogen) atoms. The fraction of sp³-hybridized carbons (Fsp3) is 0.111. The van der Waals surface area contributed by atoms with Gasteiger partial charge >= 0.3 is 0 Å². The van der Waals surface area contributed by atoms with Gasteiger partial charge in [0.15, 0.2) is 5.78 Å². The zero-order valence-corrected chi connectivity index (χ0v) is 12.1. The summed E-state index contributed by atoms with van der Waals surface area (Å²) in [5.74, 6) is 0.0442. The first-order valence-electron chi connectivity index (χ1n) is 6.83. The number of aliphatic imine (C=N–C) groups is 1. The minimum Gasteiger partial charge on any atom is -0.369 e. The summed E-state index contributed by atoms with van der Waals surface area (Å²) in [7, 11) is 3.82. The molecular formula is C18H16N2O. The van der Waals surface area contributed by atoms with Crippen molar-refractivity contribution >= 4 is 23.4 Å². The number of carbonyl (C=O) groups excluding carboxylic acids is 1. The van der Waals surface area contributed by atoms with E-state index in [1.807, 2.05) is 73.6 Å². The van der Waals surface area contributed by atoms with Gasteiger partial charge in [0, 0.05) is 25.2 Å². The highest BCUT2D eigenvalue weighted by Gasteiger charge is 2.29. The Morgan fingerprint density at radius 1 is 0.905 bits per heavy atom. The highest BCUT2D eigenvalue weighted by Crippen LogP contribution is 2.38. The summed E-state index contributed by atoms with van der Waals surface area (Å²) in [6.45, 7) is 0. The Kier molecular flexibility index (Phi) is 3.40. The Balaban J connectivity index is 2.21. The molecule has 0 atom stereocenters. The molecule has 0 aliphatic heterocycles. The van der Waals surface area contributed by atoms with Crippen molar-refractivity contribution < 1.29 is 4.79 Å². The van der Waals surface area contributed by atoms with Crippen LogP contribution in [0.4, 0.5) is 0 Å². The van der Waals surface area contributed by atoms with Crippen LogP contribution >= 0.6 is 0 Å². The number of ketones is 1. The molecule has 0 radical (unpaired) electrons. The second kappa shape index (κ2) is 5.37. The summed E-state index contributed by atoms with van der Waals surface area (Å²) >= 11 is 0. The Morgan fingerprint density at radius 3 is 2.19 bits per heavy atom. The molecule has 0 amide bonds. The number of hydrogen-bond donors (Lipinski definition) is 0. The number of nitrogens with zero attached hydrogens (tertiary/aromatic N) is 2.